The molecule has 0 unspecified atom stereocenters. The third-order valence-corrected chi connectivity index (χ3v) is 8.84. The average molecular weight is 567 g/mol. The number of aryl methyl sites for hydroxylation is 1. The maximum Gasteiger partial charge on any atom is 0.490 e. The second-order valence-corrected chi connectivity index (χ2v) is 13.2. The average Bonchev–Trinajstić information content (AvgIpc) is 2.78. The van der Waals surface area contributed by atoms with Gasteiger partial charge in [0.05, 0.1) is 45.1 Å². The molecule has 1 aliphatic heterocycles. The Labute approximate surface area is 224 Å². The number of carboxylic acid groups (broad SMARTS) is 2. The van der Waals surface area contributed by atoms with E-state index in [1.165, 1.54) is 44.1 Å². The third kappa shape index (κ3) is 13.6. The molecular weight excluding hydrogens is 523 g/mol. The molecule has 0 amide bonds. The van der Waals surface area contributed by atoms with E-state index < -0.39 is 33.4 Å². The zero-order chi connectivity index (χ0) is 29.0. The van der Waals surface area contributed by atoms with Crippen molar-refractivity contribution < 1.29 is 45.9 Å². The van der Waals surface area contributed by atoms with Crippen molar-refractivity contribution in [3.8, 4) is 0 Å². The first-order valence-electron chi connectivity index (χ1n) is 13.1. The standard InChI is InChI=1S/C25H41NO4S.C2HF3O2/c1-4-5-6-7-8-9-10-22-11-13-23(14-12-22)20-31(29,30)21-25(19-24(27)28)15-17-26(2,3)18-16-25;3-2(4,5)1(6)7/h11-14H,4-10,15-21H2,1-3H3;(H,6,7)/p+1. The van der Waals surface area contributed by atoms with Crippen LogP contribution in [0.25, 0.3) is 0 Å². The Bertz CT molecular complexity index is 981. The number of sulfone groups is 1. The van der Waals surface area contributed by atoms with Gasteiger partial charge in [-0.1, -0.05) is 63.3 Å². The lowest BCUT2D eigenvalue weighted by molar-refractivity contribution is -0.897. The van der Waals surface area contributed by atoms with Crippen LogP contribution in [0.5, 0.6) is 0 Å². The van der Waals surface area contributed by atoms with Crippen molar-refractivity contribution >= 4 is 21.8 Å². The minimum Gasteiger partial charge on any atom is -0.481 e. The largest absolute Gasteiger partial charge is 0.490 e. The molecule has 1 fully saturated rings. The maximum atomic E-state index is 13.0. The minimum atomic E-state index is -5.08. The zero-order valence-electron chi connectivity index (χ0n) is 22.7. The summed E-state index contributed by atoms with van der Waals surface area (Å²) in [5.41, 5.74) is 1.41. The first kappa shape index (κ1) is 33.9. The Hall–Kier alpha value is -2.14. The summed E-state index contributed by atoms with van der Waals surface area (Å²) in [6, 6.07) is 7.94. The molecule has 1 aromatic carbocycles. The van der Waals surface area contributed by atoms with Crippen molar-refractivity contribution in [2.45, 2.75) is 83.1 Å². The lowest BCUT2D eigenvalue weighted by Crippen LogP contribution is -2.52. The van der Waals surface area contributed by atoms with Crippen LogP contribution in [0, 0.1) is 5.41 Å². The lowest BCUT2D eigenvalue weighted by atomic mass is 9.77. The van der Waals surface area contributed by atoms with Crippen LogP contribution in [0.1, 0.15) is 75.8 Å². The number of piperidine rings is 1. The van der Waals surface area contributed by atoms with Crippen molar-refractivity contribution in [3.05, 3.63) is 35.4 Å². The van der Waals surface area contributed by atoms with Crippen molar-refractivity contribution in [1.82, 2.24) is 0 Å². The molecule has 218 valence electrons. The molecule has 0 aliphatic carbocycles. The number of benzene rings is 1. The molecule has 0 aromatic heterocycles. The van der Waals surface area contributed by atoms with Gasteiger partial charge in [0.15, 0.2) is 9.84 Å². The van der Waals surface area contributed by atoms with Gasteiger partial charge < -0.3 is 14.7 Å². The molecule has 2 N–H and O–H groups in total. The van der Waals surface area contributed by atoms with E-state index in [2.05, 4.69) is 21.0 Å². The van der Waals surface area contributed by atoms with E-state index in [1.54, 1.807) is 0 Å². The summed E-state index contributed by atoms with van der Waals surface area (Å²) in [6.07, 6.45) is 4.77. The summed E-state index contributed by atoms with van der Waals surface area (Å²) in [5, 5.41) is 16.5. The molecule has 38 heavy (non-hydrogen) atoms. The Morgan fingerprint density at radius 2 is 1.39 bits per heavy atom. The molecule has 2 rings (SSSR count). The molecule has 0 radical (unpaired) electrons. The Morgan fingerprint density at radius 3 is 1.87 bits per heavy atom. The van der Waals surface area contributed by atoms with Crippen molar-refractivity contribution in [1.29, 1.82) is 0 Å². The normalized spacial score (nSPS) is 16.8. The van der Waals surface area contributed by atoms with E-state index in [-0.39, 0.29) is 17.9 Å². The number of halogens is 3. The number of carboxylic acids is 2. The van der Waals surface area contributed by atoms with Crippen LogP contribution in [-0.2, 0) is 31.6 Å². The second kappa shape index (κ2) is 14.9. The fraction of sp³-hybridized carbons (Fsp3) is 0.704. The van der Waals surface area contributed by atoms with E-state index in [9.17, 15) is 31.5 Å². The fourth-order valence-corrected chi connectivity index (χ4v) is 6.82. The van der Waals surface area contributed by atoms with Crippen molar-refractivity contribution in [2.75, 3.05) is 32.9 Å². The van der Waals surface area contributed by atoms with Gasteiger partial charge in [0.1, 0.15) is 0 Å². The van der Waals surface area contributed by atoms with E-state index in [0.29, 0.717) is 12.8 Å². The first-order chi connectivity index (χ1) is 17.5. The third-order valence-electron chi connectivity index (χ3n) is 7.02. The van der Waals surface area contributed by atoms with Gasteiger partial charge in [-0.2, -0.15) is 13.2 Å². The number of hydrogen-bond acceptors (Lipinski definition) is 4. The number of aliphatic carboxylic acids is 2. The van der Waals surface area contributed by atoms with Gasteiger partial charge in [0.2, 0.25) is 0 Å². The molecule has 0 atom stereocenters. The molecule has 0 bridgehead atoms. The summed E-state index contributed by atoms with van der Waals surface area (Å²) in [7, 11) is 0.846. The Morgan fingerprint density at radius 1 is 0.921 bits per heavy atom. The van der Waals surface area contributed by atoms with Gasteiger partial charge in [-0.25, -0.2) is 13.2 Å². The smallest absolute Gasteiger partial charge is 0.481 e. The molecule has 11 heteroatoms. The van der Waals surface area contributed by atoms with Crippen LogP contribution in [0.2, 0.25) is 0 Å². The van der Waals surface area contributed by atoms with Crippen LogP contribution in [0.15, 0.2) is 24.3 Å². The number of quaternary nitrogens is 1. The molecule has 7 nitrogen and oxygen atoms in total. The SMILES string of the molecule is CCCCCCCCc1ccc(CS(=O)(=O)CC2(CC(=O)O)CC[N+](C)(C)CC2)cc1.O=C(O)C(F)(F)F. The number of hydrogen-bond donors (Lipinski definition) is 2. The molecule has 0 saturated carbocycles. The number of unbranched alkanes of at least 4 members (excludes halogenated alkanes) is 5. The number of rotatable bonds is 13. The molecule has 1 heterocycles. The Kier molecular flexibility index (Phi) is 13.3. The van der Waals surface area contributed by atoms with Gasteiger partial charge in [0, 0.05) is 18.3 Å². The van der Waals surface area contributed by atoms with E-state index in [0.717, 1.165) is 29.6 Å². The molecular formula is C27H43F3NO6S+. The van der Waals surface area contributed by atoms with Gasteiger partial charge in [-0.3, -0.25) is 4.79 Å². The number of alkyl halides is 3. The van der Waals surface area contributed by atoms with Crippen molar-refractivity contribution in [3.63, 3.8) is 0 Å². The lowest BCUT2D eigenvalue weighted by Gasteiger charge is -2.43. The van der Waals surface area contributed by atoms with Crippen LogP contribution in [0.4, 0.5) is 13.2 Å². The van der Waals surface area contributed by atoms with Crippen LogP contribution < -0.4 is 0 Å². The molecule has 0 spiro atoms. The molecule has 1 aromatic rings. The highest BCUT2D eigenvalue weighted by Gasteiger charge is 2.43. The summed E-state index contributed by atoms with van der Waals surface area (Å²) in [6.45, 7) is 3.86. The summed E-state index contributed by atoms with van der Waals surface area (Å²) in [4.78, 5) is 20.4. The quantitative estimate of drug-likeness (QED) is 0.242. The number of carbonyl (C=O) groups is 2. The highest BCUT2D eigenvalue weighted by atomic mass is 32.2. The number of nitrogens with zero attached hydrogens (tertiary/aromatic N) is 1. The Balaban J connectivity index is 0.000000905. The van der Waals surface area contributed by atoms with Gasteiger partial charge in [0.25, 0.3) is 0 Å². The molecule has 1 aliphatic rings. The van der Waals surface area contributed by atoms with Crippen LogP contribution >= 0.6 is 0 Å². The number of likely N-dealkylation sites (tertiary alicyclic amines) is 1. The topological polar surface area (TPSA) is 109 Å². The van der Waals surface area contributed by atoms with E-state index in [4.69, 9.17) is 9.90 Å². The first-order valence-corrected chi connectivity index (χ1v) is 14.9. The monoisotopic (exact) mass is 566 g/mol. The van der Waals surface area contributed by atoms with Crippen molar-refractivity contribution in [2.24, 2.45) is 5.41 Å². The summed E-state index contributed by atoms with van der Waals surface area (Å²) < 4.78 is 58.6. The summed E-state index contributed by atoms with van der Waals surface area (Å²) >= 11 is 0. The predicted molar refractivity (Wildman–Crippen MR) is 140 cm³/mol. The van der Waals surface area contributed by atoms with E-state index in [1.807, 2.05) is 24.3 Å². The predicted octanol–water partition coefficient (Wildman–Crippen LogP) is 5.47. The minimum absolute atomic E-state index is 0.0100. The fourth-order valence-electron chi connectivity index (χ4n) is 4.69. The summed E-state index contributed by atoms with van der Waals surface area (Å²) in [5.74, 6) is -3.70. The van der Waals surface area contributed by atoms with E-state index >= 15 is 0 Å². The second-order valence-electron chi connectivity index (χ2n) is 11.1. The van der Waals surface area contributed by atoms with Crippen LogP contribution in [-0.4, -0.2) is 74.2 Å². The van der Waals surface area contributed by atoms with Gasteiger partial charge >= 0.3 is 18.1 Å². The van der Waals surface area contributed by atoms with Gasteiger partial charge in [-0.15, -0.1) is 0 Å². The highest BCUT2D eigenvalue weighted by molar-refractivity contribution is 7.90. The zero-order valence-corrected chi connectivity index (χ0v) is 23.5. The highest BCUT2D eigenvalue weighted by Crippen LogP contribution is 2.38. The molecule has 1 saturated heterocycles. The van der Waals surface area contributed by atoms with Gasteiger partial charge in [-0.05, 0) is 24.0 Å². The van der Waals surface area contributed by atoms with Crippen LogP contribution in [0.3, 0.4) is 0 Å². The maximum absolute atomic E-state index is 13.0.